The third-order valence-electron chi connectivity index (χ3n) is 4.68. The highest BCUT2D eigenvalue weighted by Crippen LogP contribution is 2.40. The fraction of sp³-hybridized carbons (Fsp3) is 1.00. The summed E-state index contributed by atoms with van der Waals surface area (Å²) in [6, 6.07) is 2.27. The van der Waals surface area contributed by atoms with Gasteiger partial charge in [-0.25, -0.2) is 0 Å². The van der Waals surface area contributed by atoms with Gasteiger partial charge >= 0.3 is 0 Å². The molecule has 3 heteroatoms. The third kappa shape index (κ3) is 3.50. The Morgan fingerprint density at radius 2 is 1.63 bits per heavy atom. The molecule has 1 aliphatic carbocycles. The lowest BCUT2D eigenvalue weighted by Crippen LogP contribution is -2.68. The molecule has 0 aromatic carbocycles. The van der Waals surface area contributed by atoms with Gasteiger partial charge in [0.15, 0.2) is 0 Å². The molecule has 2 heterocycles. The summed E-state index contributed by atoms with van der Waals surface area (Å²) in [6.45, 7) is 13.2. The quantitative estimate of drug-likeness (QED) is 0.851. The molecular weight excluding hydrogens is 236 g/mol. The molecule has 1 N–H and O–H groups in total. The van der Waals surface area contributed by atoms with Crippen molar-refractivity contribution in [2.45, 2.75) is 71.5 Å². The van der Waals surface area contributed by atoms with E-state index in [2.05, 4.69) is 24.1 Å². The molecule has 3 fully saturated rings. The van der Waals surface area contributed by atoms with Gasteiger partial charge in [-0.2, -0.15) is 0 Å². The SMILES string of the molecule is CC.CC(C)NC1CCC(N2CC3(COC3)C2)CC1. The molecule has 2 saturated heterocycles. The maximum Gasteiger partial charge on any atom is 0.0569 e. The van der Waals surface area contributed by atoms with Crippen LogP contribution in [0.25, 0.3) is 0 Å². The van der Waals surface area contributed by atoms with Crippen LogP contribution in [-0.4, -0.2) is 49.3 Å². The highest BCUT2D eigenvalue weighted by molar-refractivity contribution is 5.02. The maximum atomic E-state index is 5.34. The van der Waals surface area contributed by atoms with E-state index in [1.54, 1.807) is 0 Å². The Morgan fingerprint density at radius 1 is 1.05 bits per heavy atom. The van der Waals surface area contributed by atoms with Crippen LogP contribution in [-0.2, 0) is 4.74 Å². The molecule has 19 heavy (non-hydrogen) atoms. The molecule has 3 aliphatic rings. The second-order valence-electron chi connectivity index (χ2n) is 6.72. The van der Waals surface area contributed by atoms with Gasteiger partial charge in [-0.15, -0.1) is 0 Å². The van der Waals surface area contributed by atoms with Gasteiger partial charge in [0.1, 0.15) is 0 Å². The van der Waals surface area contributed by atoms with Crippen LogP contribution in [0.1, 0.15) is 53.4 Å². The van der Waals surface area contributed by atoms with E-state index in [1.165, 1.54) is 38.8 Å². The Labute approximate surface area is 119 Å². The minimum atomic E-state index is 0.590. The Balaban J connectivity index is 0.000000637. The first-order chi connectivity index (χ1) is 9.17. The summed E-state index contributed by atoms with van der Waals surface area (Å²) in [7, 11) is 0. The first-order valence-corrected chi connectivity index (χ1v) is 8.25. The second kappa shape index (κ2) is 6.55. The van der Waals surface area contributed by atoms with Crippen molar-refractivity contribution < 1.29 is 4.74 Å². The van der Waals surface area contributed by atoms with Crippen molar-refractivity contribution in [3.8, 4) is 0 Å². The number of nitrogens with zero attached hydrogens (tertiary/aromatic N) is 1. The highest BCUT2D eigenvalue weighted by Gasteiger charge is 2.50. The van der Waals surface area contributed by atoms with Gasteiger partial charge in [-0.1, -0.05) is 27.7 Å². The third-order valence-corrected chi connectivity index (χ3v) is 4.68. The predicted molar refractivity (Wildman–Crippen MR) is 80.5 cm³/mol. The molecule has 0 atom stereocenters. The molecule has 1 spiro atoms. The summed E-state index contributed by atoms with van der Waals surface area (Å²) in [5, 5.41) is 3.68. The molecule has 0 unspecified atom stereocenters. The Morgan fingerprint density at radius 3 is 2.05 bits per heavy atom. The average molecular weight is 268 g/mol. The van der Waals surface area contributed by atoms with E-state index in [0.717, 1.165) is 25.3 Å². The van der Waals surface area contributed by atoms with Crippen molar-refractivity contribution in [3.05, 3.63) is 0 Å². The number of ether oxygens (including phenoxy) is 1. The minimum Gasteiger partial charge on any atom is -0.380 e. The summed E-state index contributed by atoms with van der Waals surface area (Å²) in [5.74, 6) is 0. The van der Waals surface area contributed by atoms with Crippen molar-refractivity contribution in [2.24, 2.45) is 5.41 Å². The summed E-state index contributed by atoms with van der Waals surface area (Å²) in [5.41, 5.74) is 0.590. The zero-order valence-corrected chi connectivity index (χ0v) is 13.2. The number of hydrogen-bond donors (Lipinski definition) is 1. The number of likely N-dealkylation sites (tertiary alicyclic amines) is 1. The van der Waals surface area contributed by atoms with Crippen molar-refractivity contribution in [2.75, 3.05) is 26.3 Å². The van der Waals surface area contributed by atoms with Crippen LogP contribution in [0.4, 0.5) is 0 Å². The minimum absolute atomic E-state index is 0.590. The van der Waals surface area contributed by atoms with Crippen LogP contribution in [0.15, 0.2) is 0 Å². The zero-order chi connectivity index (χ0) is 13.9. The molecule has 0 bridgehead atoms. The number of hydrogen-bond acceptors (Lipinski definition) is 3. The summed E-state index contributed by atoms with van der Waals surface area (Å²) in [4.78, 5) is 2.70. The van der Waals surface area contributed by atoms with Crippen molar-refractivity contribution in [1.82, 2.24) is 10.2 Å². The first kappa shape index (κ1) is 15.3. The lowest BCUT2D eigenvalue weighted by molar-refractivity contribution is -0.200. The molecule has 0 amide bonds. The number of rotatable bonds is 3. The summed E-state index contributed by atoms with van der Waals surface area (Å²) in [6.07, 6.45) is 5.51. The van der Waals surface area contributed by atoms with Crippen molar-refractivity contribution >= 4 is 0 Å². The number of nitrogens with one attached hydrogen (secondary N) is 1. The summed E-state index contributed by atoms with van der Waals surface area (Å²) >= 11 is 0. The first-order valence-electron chi connectivity index (χ1n) is 8.25. The monoisotopic (exact) mass is 268 g/mol. The van der Waals surface area contributed by atoms with Crippen LogP contribution in [0.5, 0.6) is 0 Å². The molecule has 3 nitrogen and oxygen atoms in total. The Bertz CT molecular complexity index is 260. The molecule has 1 saturated carbocycles. The van der Waals surface area contributed by atoms with Gasteiger partial charge in [0.05, 0.1) is 13.2 Å². The smallest absolute Gasteiger partial charge is 0.0569 e. The van der Waals surface area contributed by atoms with Crippen LogP contribution in [0.2, 0.25) is 0 Å². The van der Waals surface area contributed by atoms with Crippen molar-refractivity contribution in [1.29, 1.82) is 0 Å². The van der Waals surface area contributed by atoms with E-state index in [1.807, 2.05) is 13.8 Å². The van der Waals surface area contributed by atoms with E-state index >= 15 is 0 Å². The Hall–Kier alpha value is -0.120. The predicted octanol–water partition coefficient (Wildman–Crippen LogP) is 2.65. The standard InChI is InChI=1S/C14H26N2O.C2H6/c1-11(2)15-12-3-5-13(6-4-12)16-7-14(8-16)9-17-10-14;1-2/h11-13,15H,3-10H2,1-2H3;1-2H3. The van der Waals surface area contributed by atoms with E-state index in [9.17, 15) is 0 Å². The lowest BCUT2D eigenvalue weighted by atomic mass is 9.75. The van der Waals surface area contributed by atoms with E-state index in [4.69, 9.17) is 4.74 Å². The van der Waals surface area contributed by atoms with Gasteiger partial charge in [0.2, 0.25) is 0 Å². The molecule has 0 radical (unpaired) electrons. The maximum absolute atomic E-state index is 5.34. The van der Waals surface area contributed by atoms with Gasteiger partial charge in [-0.3, -0.25) is 4.90 Å². The fourth-order valence-corrected chi connectivity index (χ4v) is 3.73. The molecule has 0 aromatic rings. The fourth-order valence-electron chi connectivity index (χ4n) is 3.73. The summed E-state index contributed by atoms with van der Waals surface area (Å²) < 4.78 is 5.34. The molecule has 2 aliphatic heterocycles. The largest absolute Gasteiger partial charge is 0.380 e. The van der Waals surface area contributed by atoms with Crippen LogP contribution < -0.4 is 5.32 Å². The molecular formula is C16H32N2O. The van der Waals surface area contributed by atoms with Crippen molar-refractivity contribution in [3.63, 3.8) is 0 Å². The van der Waals surface area contributed by atoms with Gasteiger partial charge in [0, 0.05) is 36.6 Å². The zero-order valence-electron chi connectivity index (χ0n) is 13.2. The normalized spacial score (nSPS) is 33.3. The van der Waals surface area contributed by atoms with Gasteiger partial charge in [-0.05, 0) is 25.7 Å². The lowest BCUT2D eigenvalue weighted by Gasteiger charge is -2.58. The van der Waals surface area contributed by atoms with E-state index in [0.29, 0.717) is 11.5 Å². The molecule has 0 aromatic heterocycles. The van der Waals surface area contributed by atoms with E-state index < -0.39 is 0 Å². The topological polar surface area (TPSA) is 24.5 Å². The van der Waals surface area contributed by atoms with E-state index in [-0.39, 0.29) is 0 Å². The van der Waals surface area contributed by atoms with Crippen LogP contribution in [0.3, 0.4) is 0 Å². The molecule has 112 valence electrons. The van der Waals surface area contributed by atoms with Gasteiger partial charge < -0.3 is 10.1 Å². The molecule has 3 rings (SSSR count). The average Bonchev–Trinajstić information content (AvgIpc) is 2.29. The van der Waals surface area contributed by atoms with Crippen LogP contribution >= 0.6 is 0 Å². The highest BCUT2D eigenvalue weighted by atomic mass is 16.5. The van der Waals surface area contributed by atoms with Gasteiger partial charge in [0.25, 0.3) is 0 Å². The van der Waals surface area contributed by atoms with Crippen LogP contribution in [0, 0.1) is 5.41 Å². The Kier molecular flexibility index (Phi) is 5.27. The second-order valence-corrected chi connectivity index (χ2v) is 6.72.